The van der Waals surface area contributed by atoms with Crippen LogP contribution in [0.4, 0.5) is 4.39 Å². The summed E-state index contributed by atoms with van der Waals surface area (Å²) in [6.07, 6.45) is 0. The van der Waals surface area contributed by atoms with Crippen LogP contribution in [0.3, 0.4) is 0 Å². The predicted molar refractivity (Wildman–Crippen MR) is 113 cm³/mol. The van der Waals surface area contributed by atoms with E-state index in [2.05, 4.69) is 20.3 Å². The molecule has 1 aliphatic rings. The maximum Gasteiger partial charge on any atom is 0.283 e. The molecule has 1 N–H and O–H groups in total. The fourth-order valence-corrected chi connectivity index (χ4v) is 4.33. The summed E-state index contributed by atoms with van der Waals surface area (Å²) >= 11 is 1.19. The summed E-state index contributed by atoms with van der Waals surface area (Å²) in [7, 11) is 0. The molecular formula is C21H22FN5O2S. The third kappa shape index (κ3) is 3.43. The Labute approximate surface area is 177 Å². The number of halogens is 1. The lowest BCUT2D eigenvalue weighted by molar-refractivity contribution is -0.133. The van der Waals surface area contributed by atoms with Crippen LogP contribution in [0.2, 0.25) is 0 Å². The molecule has 0 radical (unpaired) electrons. The van der Waals surface area contributed by atoms with E-state index < -0.39 is 5.54 Å². The van der Waals surface area contributed by atoms with Gasteiger partial charge >= 0.3 is 0 Å². The van der Waals surface area contributed by atoms with Crippen molar-refractivity contribution in [3.05, 3.63) is 40.8 Å². The zero-order valence-electron chi connectivity index (χ0n) is 17.2. The standard InChI is InChI=1S/C21H22FN5O2S/c1-11(2)14-15-17(26-16(24-14)12-5-7-13(22)8-6-12)30-18(25-15)19(28)27-10-9-23-20(29)21(27,3)4/h5-8,11H,9-10H2,1-4H3,(H,23,29). The van der Waals surface area contributed by atoms with Crippen LogP contribution < -0.4 is 5.32 Å². The summed E-state index contributed by atoms with van der Waals surface area (Å²) in [5.74, 6) is -0.299. The van der Waals surface area contributed by atoms with Crippen molar-refractivity contribution < 1.29 is 14.0 Å². The summed E-state index contributed by atoms with van der Waals surface area (Å²) in [6.45, 7) is 8.25. The van der Waals surface area contributed by atoms with E-state index in [0.29, 0.717) is 34.8 Å². The maximum atomic E-state index is 13.3. The minimum atomic E-state index is -0.959. The average Bonchev–Trinajstić information content (AvgIpc) is 3.13. The summed E-state index contributed by atoms with van der Waals surface area (Å²) < 4.78 is 13.3. The lowest BCUT2D eigenvalue weighted by Crippen LogP contribution is -2.63. The molecule has 0 saturated carbocycles. The van der Waals surface area contributed by atoms with E-state index in [1.165, 1.54) is 23.5 Å². The molecule has 0 spiro atoms. The Bertz CT molecular complexity index is 1140. The fraction of sp³-hybridized carbons (Fsp3) is 0.381. The molecule has 156 valence electrons. The number of piperazine rings is 1. The molecule has 0 bridgehead atoms. The molecule has 3 heterocycles. The molecule has 4 rings (SSSR count). The lowest BCUT2D eigenvalue weighted by Gasteiger charge is -2.40. The van der Waals surface area contributed by atoms with Crippen molar-refractivity contribution >= 4 is 33.5 Å². The van der Waals surface area contributed by atoms with Crippen molar-refractivity contribution in [1.82, 2.24) is 25.2 Å². The van der Waals surface area contributed by atoms with Crippen LogP contribution in [0.1, 0.15) is 49.1 Å². The molecule has 0 atom stereocenters. The molecule has 1 fully saturated rings. The molecule has 0 unspecified atom stereocenters. The van der Waals surface area contributed by atoms with Gasteiger partial charge in [0.2, 0.25) is 5.91 Å². The monoisotopic (exact) mass is 427 g/mol. The fourth-order valence-electron chi connectivity index (χ4n) is 3.44. The van der Waals surface area contributed by atoms with Crippen LogP contribution in [0.15, 0.2) is 24.3 Å². The third-order valence-electron chi connectivity index (χ3n) is 5.21. The Balaban J connectivity index is 1.80. The summed E-state index contributed by atoms with van der Waals surface area (Å²) in [6, 6.07) is 5.98. The van der Waals surface area contributed by atoms with Gasteiger partial charge in [-0.3, -0.25) is 9.59 Å². The van der Waals surface area contributed by atoms with Crippen LogP contribution in [0.5, 0.6) is 0 Å². The van der Waals surface area contributed by atoms with E-state index >= 15 is 0 Å². The number of nitrogens with zero attached hydrogens (tertiary/aromatic N) is 4. The second-order valence-electron chi connectivity index (χ2n) is 8.04. The van der Waals surface area contributed by atoms with Gasteiger partial charge in [-0.05, 0) is 44.0 Å². The van der Waals surface area contributed by atoms with E-state index in [0.717, 1.165) is 5.69 Å². The average molecular weight is 428 g/mol. The largest absolute Gasteiger partial charge is 0.352 e. The number of aromatic nitrogens is 3. The van der Waals surface area contributed by atoms with Crippen LogP contribution in [-0.2, 0) is 4.79 Å². The topological polar surface area (TPSA) is 88.1 Å². The number of carbonyl (C=O) groups is 2. The first-order valence-corrected chi connectivity index (χ1v) is 10.5. The quantitative estimate of drug-likeness (QED) is 0.692. The number of thiazole rings is 1. The number of hydrogen-bond donors (Lipinski definition) is 1. The number of nitrogens with one attached hydrogen (secondary N) is 1. The van der Waals surface area contributed by atoms with Gasteiger partial charge < -0.3 is 10.2 Å². The van der Waals surface area contributed by atoms with Gasteiger partial charge in [-0.2, -0.15) is 0 Å². The van der Waals surface area contributed by atoms with Crippen molar-refractivity contribution in [2.75, 3.05) is 13.1 Å². The molecule has 7 nitrogen and oxygen atoms in total. The number of rotatable bonds is 3. The Morgan fingerprint density at radius 2 is 1.90 bits per heavy atom. The van der Waals surface area contributed by atoms with Gasteiger partial charge in [0.05, 0.1) is 5.69 Å². The molecule has 9 heteroatoms. The van der Waals surface area contributed by atoms with Gasteiger partial charge in [0.1, 0.15) is 21.7 Å². The van der Waals surface area contributed by atoms with Gasteiger partial charge in [0.25, 0.3) is 5.91 Å². The highest BCUT2D eigenvalue weighted by molar-refractivity contribution is 7.19. The van der Waals surface area contributed by atoms with Crippen molar-refractivity contribution in [3.8, 4) is 11.4 Å². The van der Waals surface area contributed by atoms with Gasteiger partial charge in [-0.15, -0.1) is 0 Å². The predicted octanol–water partition coefficient (Wildman–Crippen LogP) is 3.37. The van der Waals surface area contributed by atoms with Gasteiger partial charge in [-0.1, -0.05) is 25.2 Å². The molecule has 3 aromatic rings. The summed E-state index contributed by atoms with van der Waals surface area (Å²) in [5.41, 5.74) is 1.04. The molecular weight excluding hydrogens is 405 g/mol. The first-order chi connectivity index (χ1) is 14.2. The van der Waals surface area contributed by atoms with Crippen molar-refractivity contribution in [1.29, 1.82) is 0 Å². The van der Waals surface area contributed by atoms with E-state index in [9.17, 15) is 14.0 Å². The first kappa shape index (κ1) is 20.3. The summed E-state index contributed by atoms with van der Waals surface area (Å²) in [5, 5.41) is 3.07. The number of amides is 2. The van der Waals surface area contributed by atoms with Crippen LogP contribution in [0.25, 0.3) is 21.7 Å². The molecule has 1 saturated heterocycles. The van der Waals surface area contributed by atoms with Crippen LogP contribution in [0, 0.1) is 5.82 Å². The molecule has 2 amide bonds. The zero-order valence-corrected chi connectivity index (χ0v) is 18.0. The number of fused-ring (bicyclic) bond motifs is 1. The van der Waals surface area contributed by atoms with Gasteiger partial charge in [0.15, 0.2) is 10.8 Å². The highest BCUT2D eigenvalue weighted by Crippen LogP contribution is 2.31. The van der Waals surface area contributed by atoms with Crippen LogP contribution in [-0.4, -0.2) is 50.3 Å². The van der Waals surface area contributed by atoms with Gasteiger partial charge in [-0.25, -0.2) is 19.3 Å². The number of carbonyl (C=O) groups excluding carboxylic acids is 2. The van der Waals surface area contributed by atoms with E-state index in [1.807, 2.05) is 13.8 Å². The van der Waals surface area contributed by atoms with E-state index in [4.69, 9.17) is 0 Å². The van der Waals surface area contributed by atoms with E-state index in [1.54, 1.807) is 30.9 Å². The second-order valence-corrected chi connectivity index (χ2v) is 9.02. The Morgan fingerprint density at radius 1 is 1.20 bits per heavy atom. The highest BCUT2D eigenvalue weighted by atomic mass is 32.1. The number of hydrogen-bond acceptors (Lipinski definition) is 6. The van der Waals surface area contributed by atoms with Gasteiger partial charge in [0, 0.05) is 18.7 Å². The Hall–Kier alpha value is -2.94. The molecule has 1 aromatic carbocycles. The zero-order chi connectivity index (χ0) is 21.6. The van der Waals surface area contributed by atoms with E-state index in [-0.39, 0.29) is 28.6 Å². The minimum Gasteiger partial charge on any atom is -0.352 e. The molecule has 0 aliphatic carbocycles. The first-order valence-electron chi connectivity index (χ1n) is 9.73. The lowest BCUT2D eigenvalue weighted by atomic mass is 9.99. The third-order valence-corrected chi connectivity index (χ3v) is 6.15. The van der Waals surface area contributed by atoms with Crippen molar-refractivity contribution in [2.45, 2.75) is 39.2 Å². The van der Waals surface area contributed by atoms with Crippen molar-refractivity contribution in [3.63, 3.8) is 0 Å². The second kappa shape index (κ2) is 7.39. The summed E-state index contributed by atoms with van der Waals surface area (Å²) in [4.78, 5) is 41.4. The SMILES string of the molecule is CC(C)c1nc(-c2ccc(F)cc2)nc2sc(C(=O)N3CCNC(=O)C3(C)C)nc12. The molecule has 2 aromatic heterocycles. The smallest absolute Gasteiger partial charge is 0.283 e. The normalized spacial score (nSPS) is 16.2. The molecule has 30 heavy (non-hydrogen) atoms. The Morgan fingerprint density at radius 3 is 2.57 bits per heavy atom. The Kier molecular flexibility index (Phi) is 5.01. The van der Waals surface area contributed by atoms with Crippen LogP contribution >= 0.6 is 11.3 Å². The maximum absolute atomic E-state index is 13.3. The highest BCUT2D eigenvalue weighted by Gasteiger charge is 2.41. The number of benzene rings is 1. The minimum absolute atomic E-state index is 0.0527. The van der Waals surface area contributed by atoms with Crippen molar-refractivity contribution in [2.24, 2.45) is 0 Å². The molecule has 1 aliphatic heterocycles.